The highest BCUT2D eigenvalue weighted by Gasteiger charge is 2.35. The number of hydrogen-bond acceptors (Lipinski definition) is 7. The molecule has 0 aliphatic carbocycles. The second-order valence-corrected chi connectivity index (χ2v) is 9.10. The van der Waals surface area contributed by atoms with Gasteiger partial charge >= 0.3 is 0 Å². The van der Waals surface area contributed by atoms with Crippen molar-refractivity contribution in [2.75, 3.05) is 0 Å². The summed E-state index contributed by atoms with van der Waals surface area (Å²) in [6.07, 6.45) is 1.35. The first-order valence-electron chi connectivity index (χ1n) is 9.41. The zero-order valence-corrected chi connectivity index (χ0v) is 17.5. The van der Waals surface area contributed by atoms with Gasteiger partial charge in [-0.3, -0.25) is 14.4 Å². The fourth-order valence-corrected chi connectivity index (χ4v) is 4.38. The second-order valence-electron chi connectivity index (χ2n) is 7.38. The zero-order chi connectivity index (χ0) is 22.8. The van der Waals surface area contributed by atoms with E-state index in [0.717, 1.165) is 24.3 Å². The van der Waals surface area contributed by atoms with Crippen LogP contribution in [0.4, 0.5) is 4.39 Å². The van der Waals surface area contributed by atoms with Gasteiger partial charge in [0.15, 0.2) is 5.76 Å². The minimum Gasteiger partial charge on any atom is -0.359 e. The van der Waals surface area contributed by atoms with Crippen LogP contribution in [0.1, 0.15) is 25.2 Å². The van der Waals surface area contributed by atoms with Crippen LogP contribution in [0, 0.1) is 11.7 Å². The highest BCUT2D eigenvalue weighted by Crippen LogP contribution is 2.16. The maximum atomic E-state index is 13.1. The largest absolute Gasteiger partial charge is 0.359 e. The fraction of sp³-hybridized carbons (Fsp3) is 0.368. The van der Waals surface area contributed by atoms with Crippen LogP contribution in [0.15, 0.2) is 39.9 Å². The van der Waals surface area contributed by atoms with Crippen molar-refractivity contribution in [3.63, 3.8) is 0 Å². The minimum absolute atomic E-state index is 0.00728. The van der Waals surface area contributed by atoms with E-state index in [4.69, 9.17) is 4.52 Å². The topological polar surface area (TPSA) is 147 Å². The van der Waals surface area contributed by atoms with E-state index in [0.29, 0.717) is 11.3 Å². The molecule has 0 fully saturated rings. The van der Waals surface area contributed by atoms with Crippen LogP contribution >= 0.6 is 0 Å². The van der Waals surface area contributed by atoms with Gasteiger partial charge in [0.1, 0.15) is 17.9 Å². The van der Waals surface area contributed by atoms with Crippen LogP contribution in [-0.4, -0.2) is 43.3 Å². The van der Waals surface area contributed by atoms with E-state index in [2.05, 4.69) is 20.5 Å². The number of Topliss-reactive ketones (excluding diaryl/α,β-unsaturated/α-hetero) is 1. The molecule has 0 spiro atoms. The summed E-state index contributed by atoms with van der Waals surface area (Å²) in [6.45, 7) is 3.22. The van der Waals surface area contributed by atoms with Crippen LogP contribution in [0.2, 0.25) is 0 Å². The molecule has 1 aliphatic heterocycles. The SMILES string of the molecule is CC(C)C(NS(=O)(=O)c1ccc(F)cc1)C(=O)NC1Cc2cnoc2CNC(=O)C1=O. The quantitative estimate of drug-likeness (QED) is 0.524. The highest BCUT2D eigenvalue weighted by molar-refractivity contribution is 7.89. The van der Waals surface area contributed by atoms with Gasteiger partial charge < -0.3 is 15.2 Å². The minimum atomic E-state index is -4.15. The summed E-state index contributed by atoms with van der Waals surface area (Å²) in [7, 11) is -4.15. The van der Waals surface area contributed by atoms with Gasteiger partial charge in [0, 0.05) is 12.0 Å². The Balaban J connectivity index is 1.80. The van der Waals surface area contributed by atoms with Gasteiger partial charge in [-0.1, -0.05) is 19.0 Å². The lowest BCUT2D eigenvalue weighted by Crippen LogP contribution is -2.56. The van der Waals surface area contributed by atoms with Crippen LogP contribution in [0.5, 0.6) is 0 Å². The molecule has 2 amide bonds. The monoisotopic (exact) mass is 452 g/mol. The van der Waals surface area contributed by atoms with Gasteiger partial charge in [0.05, 0.1) is 17.6 Å². The molecular weight excluding hydrogens is 431 g/mol. The third-order valence-corrected chi connectivity index (χ3v) is 6.23. The van der Waals surface area contributed by atoms with Crippen LogP contribution in [0.3, 0.4) is 0 Å². The maximum absolute atomic E-state index is 13.1. The van der Waals surface area contributed by atoms with E-state index in [-0.39, 0.29) is 17.9 Å². The normalized spacial score (nSPS) is 18.0. The van der Waals surface area contributed by atoms with Crippen molar-refractivity contribution in [3.8, 4) is 0 Å². The van der Waals surface area contributed by atoms with Gasteiger partial charge in [0.2, 0.25) is 21.7 Å². The third-order valence-electron chi connectivity index (χ3n) is 4.78. The van der Waals surface area contributed by atoms with Crippen LogP contribution in [0.25, 0.3) is 0 Å². The fourth-order valence-electron chi connectivity index (χ4n) is 3.03. The van der Waals surface area contributed by atoms with E-state index in [1.807, 2.05) is 0 Å². The molecule has 166 valence electrons. The molecule has 3 rings (SSSR count). The van der Waals surface area contributed by atoms with Crippen molar-refractivity contribution >= 4 is 27.6 Å². The van der Waals surface area contributed by atoms with E-state index in [1.165, 1.54) is 6.20 Å². The van der Waals surface area contributed by atoms with Crippen molar-refractivity contribution in [1.82, 2.24) is 20.5 Å². The summed E-state index contributed by atoms with van der Waals surface area (Å²) in [5.74, 6) is -3.31. The first kappa shape index (κ1) is 22.6. The molecule has 0 radical (unpaired) electrons. The zero-order valence-electron chi connectivity index (χ0n) is 16.7. The number of benzene rings is 1. The maximum Gasteiger partial charge on any atom is 0.289 e. The number of hydrogen-bond donors (Lipinski definition) is 3. The van der Waals surface area contributed by atoms with Crippen molar-refractivity contribution in [1.29, 1.82) is 0 Å². The number of ketones is 1. The van der Waals surface area contributed by atoms with Gasteiger partial charge in [0.25, 0.3) is 5.91 Å². The average Bonchev–Trinajstić information content (AvgIpc) is 3.15. The first-order valence-corrected chi connectivity index (χ1v) is 10.9. The smallest absolute Gasteiger partial charge is 0.289 e. The molecule has 1 aromatic carbocycles. The molecule has 2 unspecified atom stereocenters. The number of nitrogens with zero attached hydrogens (tertiary/aromatic N) is 1. The van der Waals surface area contributed by atoms with Crippen molar-refractivity contribution in [2.24, 2.45) is 5.92 Å². The lowest BCUT2D eigenvalue weighted by atomic mass is 9.98. The molecule has 1 aromatic heterocycles. The second kappa shape index (κ2) is 8.94. The molecule has 31 heavy (non-hydrogen) atoms. The summed E-state index contributed by atoms with van der Waals surface area (Å²) in [6, 6.07) is 1.63. The number of aromatic nitrogens is 1. The molecule has 2 aromatic rings. The summed E-state index contributed by atoms with van der Waals surface area (Å²) in [5, 5.41) is 8.47. The Hall–Kier alpha value is -3.12. The number of fused-ring (bicyclic) bond motifs is 1. The van der Waals surface area contributed by atoms with Crippen LogP contribution < -0.4 is 15.4 Å². The molecule has 0 saturated heterocycles. The average molecular weight is 452 g/mol. The van der Waals surface area contributed by atoms with Crippen LogP contribution in [-0.2, 0) is 37.4 Å². The number of nitrogens with one attached hydrogen (secondary N) is 3. The van der Waals surface area contributed by atoms with Gasteiger partial charge in [-0.05, 0) is 30.2 Å². The Morgan fingerprint density at radius 1 is 1.26 bits per heavy atom. The Kier molecular flexibility index (Phi) is 6.51. The molecule has 1 aliphatic rings. The molecule has 2 atom stereocenters. The first-order chi connectivity index (χ1) is 14.6. The van der Waals surface area contributed by atoms with E-state index >= 15 is 0 Å². The predicted molar refractivity (Wildman–Crippen MR) is 104 cm³/mol. The molecule has 2 heterocycles. The Morgan fingerprint density at radius 2 is 1.94 bits per heavy atom. The molecule has 0 bridgehead atoms. The number of rotatable bonds is 6. The predicted octanol–water partition coefficient (Wildman–Crippen LogP) is 0.0430. The number of carbonyl (C=O) groups is 3. The Bertz CT molecular complexity index is 1100. The molecule has 3 N–H and O–H groups in total. The van der Waals surface area contributed by atoms with Gasteiger partial charge in [-0.15, -0.1) is 0 Å². The number of halogens is 1. The Morgan fingerprint density at radius 3 is 2.58 bits per heavy atom. The van der Waals surface area contributed by atoms with Crippen molar-refractivity contribution in [3.05, 3.63) is 47.6 Å². The van der Waals surface area contributed by atoms with Crippen molar-refractivity contribution < 1.29 is 31.7 Å². The molecule has 10 nitrogen and oxygen atoms in total. The summed E-state index contributed by atoms with van der Waals surface area (Å²) in [5.41, 5.74) is 0.534. The van der Waals surface area contributed by atoms with Gasteiger partial charge in [-0.25, -0.2) is 12.8 Å². The van der Waals surface area contributed by atoms with Crippen molar-refractivity contribution in [2.45, 2.75) is 43.8 Å². The third kappa shape index (κ3) is 5.14. The standard InChI is InChI=1S/C19H21FN4O6S/c1-10(2)16(24-31(28,29)13-5-3-12(20)4-6-13)18(26)23-14-7-11-8-22-30-15(11)9-21-19(27)17(14)25/h3-6,8,10,14,16,24H,7,9H2,1-2H3,(H,21,27)(H,23,26). The molecule has 12 heteroatoms. The molecule has 0 saturated carbocycles. The van der Waals surface area contributed by atoms with E-state index in [1.54, 1.807) is 13.8 Å². The highest BCUT2D eigenvalue weighted by atomic mass is 32.2. The van der Waals surface area contributed by atoms with Gasteiger partial charge in [-0.2, -0.15) is 4.72 Å². The van der Waals surface area contributed by atoms with E-state index < -0.39 is 51.4 Å². The lowest BCUT2D eigenvalue weighted by Gasteiger charge is -2.25. The number of sulfonamides is 1. The summed E-state index contributed by atoms with van der Waals surface area (Å²) >= 11 is 0. The molecular formula is C19H21FN4O6S. The summed E-state index contributed by atoms with van der Waals surface area (Å²) < 4.78 is 45.7. The number of amides is 2. The van der Waals surface area contributed by atoms with E-state index in [9.17, 15) is 27.2 Å². The lowest BCUT2D eigenvalue weighted by molar-refractivity contribution is -0.140. The summed E-state index contributed by atoms with van der Waals surface area (Å²) in [4.78, 5) is 37.1. The Labute approximate surface area is 177 Å². The number of carbonyl (C=O) groups excluding carboxylic acids is 3.